The van der Waals surface area contributed by atoms with Gasteiger partial charge in [0.25, 0.3) is 11.8 Å². The van der Waals surface area contributed by atoms with Crippen molar-refractivity contribution >= 4 is 11.8 Å². The summed E-state index contributed by atoms with van der Waals surface area (Å²) in [6.45, 7) is 5.91. The van der Waals surface area contributed by atoms with Crippen molar-refractivity contribution in [2.75, 3.05) is 32.8 Å². The molecule has 3 rings (SSSR count). The van der Waals surface area contributed by atoms with Gasteiger partial charge in [-0.2, -0.15) is 0 Å². The van der Waals surface area contributed by atoms with Crippen LogP contribution in [0.1, 0.15) is 21.6 Å². The summed E-state index contributed by atoms with van der Waals surface area (Å²) >= 11 is 0. The molecule has 0 saturated carbocycles. The molecule has 0 N–H and O–H groups in total. The van der Waals surface area contributed by atoms with E-state index >= 15 is 0 Å². The molecular formula is C19H22N4O3. The number of hydrogen-bond acceptors (Lipinski definition) is 5. The molecule has 7 nitrogen and oxygen atoms in total. The number of carbonyl (C=O) groups is 2. The molecule has 0 atom stereocenters. The van der Waals surface area contributed by atoms with Crippen LogP contribution in [0.3, 0.4) is 0 Å². The molecule has 26 heavy (non-hydrogen) atoms. The molecule has 0 unspecified atom stereocenters. The summed E-state index contributed by atoms with van der Waals surface area (Å²) in [5, 5.41) is 0. The van der Waals surface area contributed by atoms with Crippen molar-refractivity contribution in [2.45, 2.75) is 13.8 Å². The number of rotatable bonds is 4. The minimum absolute atomic E-state index is 0.00199. The maximum absolute atomic E-state index is 12.4. The molecule has 1 aromatic carbocycles. The molecule has 136 valence electrons. The van der Waals surface area contributed by atoms with Gasteiger partial charge in [-0.15, -0.1) is 0 Å². The number of ether oxygens (including phenoxy) is 1. The quantitative estimate of drug-likeness (QED) is 0.831. The van der Waals surface area contributed by atoms with Crippen LogP contribution in [0.25, 0.3) is 0 Å². The summed E-state index contributed by atoms with van der Waals surface area (Å²) in [7, 11) is 0. The second kappa shape index (κ2) is 7.95. The molecular weight excluding hydrogens is 332 g/mol. The lowest BCUT2D eigenvalue weighted by Gasteiger charge is -2.34. The molecule has 0 spiro atoms. The van der Waals surface area contributed by atoms with E-state index in [0.717, 1.165) is 16.9 Å². The highest BCUT2D eigenvalue weighted by Gasteiger charge is 2.25. The Bertz CT molecular complexity index is 787. The Kier molecular flexibility index (Phi) is 5.46. The van der Waals surface area contributed by atoms with Gasteiger partial charge in [0.05, 0.1) is 6.20 Å². The van der Waals surface area contributed by atoms with Gasteiger partial charge in [0.2, 0.25) is 0 Å². The average molecular weight is 354 g/mol. The van der Waals surface area contributed by atoms with Crippen molar-refractivity contribution < 1.29 is 14.3 Å². The van der Waals surface area contributed by atoms with Crippen molar-refractivity contribution in [3.63, 3.8) is 0 Å². The fourth-order valence-corrected chi connectivity index (χ4v) is 2.92. The third kappa shape index (κ3) is 4.17. The first-order valence-electron chi connectivity index (χ1n) is 8.57. The van der Waals surface area contributed by atoms with E-state index in [9.17, 15) is 9.59 Å². The van der Waals surface area contributed by atoms with Crippen LogP contribution >= 0.6 is 0 Å². The Hall–Kier alpha value is -2.96. The van der Waals surface area contributed by atoms with Crippen LogP contribution < -0.4 is 4.74 Å². The van der Waals surface area contributed by atoms with Crippen LogP contribution in [0.4, 0.5) is 0 Å². The van der Waals surface area contributed by atoms with Crippen molar-refractivity contribution in [3.05, 3.63) is 53.6 Å². The first-order valence-corrected chi connectivity index (χ1v) is 8.57. The van der Waals surface area contributed by atoms with E-state index in [0.29, 0.717) is 31.9 Å². The molecule has 2 heterocycles. The molecule has 1 aliphatic rings. The van der Waals surface area contributed by atoms with Gasteiger partial charge < -0.3 is 14.5 Å². The molecule has 2 amide bonds. The first kappa shape index (κ1) is 17.8. The molecule has 1 saturated heterocycles. The van der Waals surface area contributed by atoms with E-state index in [1.807, 2.05) is 32.0 Å². The molecule has 1 aliphatic heterocycles. The third-order valence-electron chi connectivity index (χ3n) is 4.38. The van der Waals surface area contributed by atoms with Gasteiger partial charge in [-0.3, -0.25) is 14.6 Å². The zero-order chi connectivity index (χ0) is 18.5. The van der Waals surface area contributed by atoms with E-state index in [4.69, 9.17) is 4.74 Å². The van der Waals surface area contributed by atoms with E-state index in [1.54, 1.807) is 9.80 Å². The normalized spacial score (nSPS) is 14.2. The van der Waals surface area contributed by atoms with E-state index < -0.39 is 0 Å². The van der Waals surface area contributed by atoms with Crippen molar-refractivity contribution in [3.8, 4) is 5.75 Å². The van der Waals surface area contributed by atoms with Gasteiger partial charge in [0.15, 0.2) is 6.61 Å². The third-order valence-corrected chi connectivity index (χ3v) is 4.38. The Morgan fingerprint density at radius 2 is 1.81 bits per heavy atom. The number of carbonyl (C=O) groups excluding carboxylic acids is 2. The second-order valence-corrected chi connectivity index (χ2v) is 6.32. The van der Waals surface area contributed by atoms with E-state index in [2.05, 4.69) is 9.97 Å². The molecule has 2 aromatic rings. The Labute approximate surface area is 152 Å². The summed E-state index contributed by atoms with van der Waals surface area (Å²) in [4.78, 5) is 36.1. The fraction of sp³-hybridized carbons (Fsp3) is 0.368. The fourth-order valence-electron chi connectivity index (χ4n) is 2.92. The summed E-state index contributed by atoms with van der Waals surface area (Å²) in [6, 6.07) is 5.87. The number of benzene rings is 1. The number of hydrogen-bond donors (Lipinski definition) is 0. The van der Waals surface area contributed by atoms with Crippen LogP contribution in [0.15, 0.2) is 36.8 Å². The smallest absolute Gasteiger partial charge is 0.274 e. The lowest BCUT2D eigenvalue weighted by atomic mass is 10.1. The van der Waals surface area contributed by atoms with E-state index in [1.165, 1.54) is 18.6 Å². The number of aromatic nitrogens is 2. The zero-order valence-electron chi connectivity index (χ0n) is 15.0. The van der Waals surface area contributed by atoms with Gasteiger partial charge >= 0.3 is 0 Å². The van der Waals surface area contributed by atoms with Gasteiger partial charge in [-0.25, -0.2) is 4.98 Å². The van der Waals surface area contributed by atoms with Crippen LogP contribution in [0, 0.1) is 13.8 Å². The minimum atomic E-state index is -0.156. The number of piperazine rings is 1. The van der Waals surface area contributed by atoms with Crippen LogP contribution in [0.5, 0.6) is 5.75 Å². The average Bonchev–Trinajstić information content (AvgIpc) is 2.67. The predicted molar refractivity (Wildman–Crippen MR) is 95.9 cm³/mol. The maximum atomic E-state index is 12.4. The monoisotopic (exact) mass is 354 g/mol. The number of nitrogens with zero attached hydrogens (tertiary/aromatic N) is 4. The predicted octanol–water partition coefficient (Wildman–Crippen LogP) is 1.46. The zero-order valence-corrected chi connectivity index (χ0v) is 15.0. The molecule has 0 bridgehead atoms. The second-order valence-electron chi connectivity index (χ2n) is 6.32. The first-order chi connectivity index (χ1) is 12.5. The molecule has 0 radical (unpaired) electrons. The highest BCUT2D eigenvalue weighted by atomic mass is 16.5. The Balaban J connectivity index is 1.50. The lowest BCUT2D eigenvalue weighted by Crippen LogP contribution is -2.51. The lowest BCUT2D eigenvalue weighted by molar-refractivity contribution is -0.134. The summed E-state index contributed by atoms with van der Waals surface area (Å²) in [6.07, 6.45) is 4.48. The Morgan fingerprint density at radius 1 is 1.08 bits per heavy atom. The minimum Gasteiger partial charge on any atom is -0.484 e. The van der Waals surface area contributed by atoms with Crippen LogP contribution in [0.2, 0.25) is 0 Å². The molecule has 0 aliphatic carbocycles. The largest absolute Gasteiger partial charge is 0.484 e. The SMILES string of the molecule is Cc1ccc(OCC(=O)N2CCN(C(=O)c3cnccn3)CC2)c(C)c1. The molecule has 7 heteroatoms. The van der Waals surface area contributed by atoms with Crippen molar-refractivity contribution in [1.29, 1.82) is 0 Å². The van der Waals surface area contributed by atoms with Gasteiger partial charge in [0, 0.05) is 38.6 Å². The van der Waals surface area contributed by atoms with E-state index in [-0.39, 0.29) is 18.4 Å². The number of aryl methyl sites for hydroxylation is 2. The Morgan fingerprint density at radius 3 is 2.46 bits per heavy atom. The van der Waals surface area contributed by atoms with Crippen LogP contribution in [-0.2, 0) is 4.79 Å². The highest BCUT2D eigenvalue weighted by Crippen LogP contribution is 2.18. The van der Waals surface area contributed by atoms with Gasteiger partial charge in [-0.05, 0) is 25.5 Å². The topological polar surface area (TPSA) is 75.6 Å². The van der Waals surface area contributed by atoms with Crippen LogP contribution in [-0.4, -0.2) is 64.4 Å². The summed E-state index contributed by atoms with van der Waals surface area (Å²) in [5.41, 5.74) is 2.49. The van der Waals surface area contributed by atoms with Crippen molar-refractivity contribution in [1.82, 2.24) is 19.8 Å². The maximum Gasteiger partial charge on any atom is 0.274 e. The van der Waals surface area contributed by atoms with Crippen molar-refractivity contribution in [2.24, 2.45) is 0 Å². The molecule has 1 aromatic heterocycles. The number of amides is 2. The van der Waals surface area contributed by atoms with Gasteiger partial charge in [0.1, 0.15) is 11.4 Å². The molecule has 1 fully saturated rings. The highest BCUT2D eigenvalue weighted by molar-refractivity contribution is 5.92. The van der Waals surface area contributed by atoms with Gasteiger partial charge in [-0.1, -0.05) is 17.7 Å². The summed E-state index contributed by atoms with van der Waals surface area (Å²) in [5.74, 6) is 0.494. The summed E-state index contributed by atoms with van der Waals surface area (Å²) < 4.78 is 5.66. The standard InChI is InChI=1S/C19H22N4O3/c1-14-3-4-17(15(2)11-14)26-13-18(24)22-7-9-23(10-8-22)19(25)16-12-20-5-6-21-16/h3-6,11-12H,7-10,13H2,1-2H3.